The number of hydroxylamine groups is 2. The van der Waals surface area contributed by atoms with Crippen molar-refractivity contribution in [2.75, 3.05) is 20.1 Å². The highest BCUT2D eigenvalue weighted by Gasteiger charge is 2.43. The Labute approximate surface area is 135 Å². The number of carbonyl (C=O) groups excluding carboxylic acids is 1. The topological polar surface area (TPSA) is 85.6 Å². The van der Waals surface area contributed by atoms with Crippen LogP contribution < -0.4 is 4.65 Å². The molecule has 1 fully saturated rings. The van der Waals surface area contributed by atoms with Crippen LogP contribution in [-0.2, 0) is 4.84 Å². The maximum absolute atomic E-state index is 12.5. The number of nitrogens with zero attached hydrogens (tertiary/aromatic N) is 4. The molecule has 2 heterocycles. The summed E-state index contributed by atoms with van der Waals surface area (Å²) in [6.45, 7) is 6.92. The van der Waals surface area contributed by atoms with E-state index in [2.05, 4.69) is 4.98 Å². The van der Waals surface area contributed by atoms with Crippen LogP contribution in [0.25, 0.3) is 0 Å². The van der Waals surface area contributed by atoms with Crippen LogP contribution in [-0.4, -0.2) is 46.6 Å². The molecule has 0 unspecified atom stereocenters. The Morgan fingerprint density at radius 3 is 2.48 bits per heavy atom. The molecule has 1 aliphatic heterocycles. The zero-order valence-corrected chi connectivity index (χ0v) is 14.0. The lowest BCUT2D eigenvalue weighted by Crippen LogP contribution is -2.53. The number of pyridine rings is 1. The molecule has 1 saturated heterocycles. The first-order chi connectivity index (χ1) is 10.7. The zero-order valence-electron chi connectivity index (χ0n) is 14.0. The second-order valence-corrected chi connectivity index (χ2v) is 6.79. The van der Waals surface area contributed by atoms with Crippen molar-refractivity contribution in [3.63, 3.8) is 0 Å². The SMILES string of the molecule is CN(C(=O)O[N+]1(c2cncc([N+](=O)[O-])c2)CCCC1)C(C)(C)C. The van der Waals surface area contributed by atoms with Crippen LogP contribution in [0.15, 0.2) is 18.5 Å². The van der Waals surface area contributed by atoms with E-state index in [0.29, 0.717) is 18.8 Å². The largest absolute Gasteiger partial charge is 0.465 e. The molecule has 23 heavy (non-hydrogen) atoms. The molecule has 0 spiro atoms. The van der Waals surface area contributed by atoms with Gasteiger partial charge in [0, 0.05) is 25.4 Å². The smallest absolute Gasteiger partial charge is 0.302 e. The fourth-order valence-corrected chi connectivity index (χ4v) is 2.47. The van der Waals surface area contributed by atoms with Crippen molar-refractivity contribution in [1.29, 1.82) is 0 Å². The molecule has 0 bridgehead atoms. The highest BCUT2D eigenvalue weighted by molar-refractivity contribution is 5.69. The van der Waals surface area contributed by atoms with Crippen molar-refractivity contribution < 1.29 is 14.6 Å². The lowest BCUT2D eigenvalue weighted by atomic mass is 10.1. The molecule has 1 aliphatic rings. The zero-order chi connectivity index (χ0) is 17.3. The standard InChI is InChI=1S/C15H23N4O4/c1-15(2,3)17(4)14(20)23-19(7-5-6-8-19)13-9-12(18(21)22)10-16-11-13/h9-11H,5-8H2,1-4H3/q+1. The first-order valence-corrected chi connectivity index (χ1v) is 7.60. The van der Waals surface area contributed by atoms with Crippen molar-refractivity contribution in [2.45, 2.75) is 39.2 Å². The third-order valence-corrected chi connectivity index (χ3v) is 4.21. The predicted molar refractivity (Wildman–Crippen MR) is 85.7 cm³/mol. The van der Waals surface area contributed by atoms with Crippen LogP contribution in [0.4, 0.5) is 16.2 Å². The van der Waals surface area contributed by atoms with Crippen LogP contribution in [0.1, 0.15) is 33.6 Å². The highest BCUT2D eigenvalue weighted by atomic mass is 16.8. The molecule has 1 aromatic rings. The maximum Gasteiger partial charge on any atom is 0.465 e. The molecule has 0 N–H and O–H groups in total. The maximum atomic E-state index is 12.5. The Morgan fingerprint density at radius 1 is 1.35 bits per heavy atom. The van der Waals surface area contributed by atoms with Gasteiger partial charge in [0.1, 0.15) is 19.3 Å². The fraction of sp³-hybridized carbons (Fsp3) is 0.600. The lowest BCUT2D eigenvalue weighted by molar-refractivity contribution is -0.385. The summed E-state index contributed by atoms with van der Waals surface area (Å²) >= 11 is 0. The van der Waals surface area contributed by atoms with Crippen molar-refractivity contribution in [3.05, 3.63) is 28.6 Å². The Balaban J connectivity index is 2.32. The average Bonchev–Trinajstić information content (AvgIpc) is 2.95. The van der Waals surface area contributed by atoms with E-state index in [1.807, 2.05) is 20.8 Å². The van der Waals surface area contributed by atoms with Gasteiger partial charge in [0.05, 0.1) is 17.2 Å². The molecule has 2 rings (SSSR count). The van der Waals surface area contributed by atoms with E-state index < -0.39 is 11.0 Å². The summed E-state index contributed by atoms with van der Waals surface area (Å²) in [6.07, 6.45) is 4.04. The van der Waals surface area contributed by atoms with Gasteiger partial charge in [0.15, 0.2) is 5.69 Å². The molecular formula is C15H23N4O4+. The highest BCUT2D eigenvalue weighted by Crippen LogP contribution is 2.32. The molecule has 0 aromatic carbocycles. The van der Waals surface area contributed by atoms with Crippen molar-refractivity contribution >= 4 is 17.5 Å². The van der Waals surface area contributed by atoms with E-state index in [0.717, 1.165) is 12.8 Å². The van der Waals surface area contributed by atoms with E-state index in [1.165, 1.54) is 23.4 Å². The monoisotopic (exact) mass is 323 g/mol. The van der Waals surface area contributed by atoms with Gasteiger partial charge in [-0.25, -0.2) is 9.63 Å². The number of carbonyl (C=O) groups is 1. The summed E-state index contributed by atoms with van der Waals surface area (Å²) in [5.41, 5.74) is 0.0568. The van der Waals surface area contributed by atoms with Gasteiger partial charge in [-0.05, 0) is 20.8 Å². The first-order valence-electron chi connectivity index (χ1n) is 7.60. The molecule has 1 aromatic heterocycles. The van der Waals surface area contributed by atoms with Gasteiger partial charge in [-0.15, -0.1) is 0 Å². The molecule has 8 nitrogen and oxygen atoms in total. The first kappa shape index (κ1) is 17.1. The molecule has 0 aliphatic carbocycles. The normalized spacial score (nSPS) is 16.9. The summed E-state index contributed by atoms with van der Waals surface area (Å²) in [7, 11) is 1.68. The molecule has 8 heteroatoms. The summed E-state index contributed by atoms with van der Waals surface area (Å²) in [5.74, 6) is 0. The summed E-state index contributed by atoms with van der Waals surface area (Å²) < 4.78 is -0.0477. The number of hydrogen-bond donors (Lipinski definition) is 0. The van der Waals surface area contributed by atoms with Gasteiger partial charge >= 0.3 is 6.09 Å². The Bertz CT molecular complexity index is 606. The van der Waals surface area contributed by atoms with Crippen molar-refractivity contribution in [2.24, 2.45) is 0 Å². The number of quaternary nitrogens is 1. The number of nitro groups is 1. The van der Waals surface area contributed by atoms with Gasteiger partial charge < -0.3 is 4.90 Å². The third kappa shape index (κ3) is 3.58. The number of hydrogen-bond acceptors (Lipinski definition) is 5. The number of rotatable bonds is 3. The van der Waals surface area contributed by atoms with Crippen LogP contribution >= 0.6 is 0 Å². The second kappa shape index (κ2) is 6.11. The molecule has 1 amide bonds. The van der Waals surface area contributed by atoms with E-state index in [9.17, 15) is 14.9 Å². The minimum absolute atomic E-state index is 0.0477. The minimum atomic E-state index is -0.494. The van der Waals surface area contributed by atoms with Gasteiger partial charge in [-0.1, -0.05) is 4.65 Å². The minimum Gasteiger partial charge on any atom is -0.302 e. The fourth-order valence-electron chi connectivity index (χ4n) is 2.47. The van der Waals surface area contributed by atoms with E-state index in [-0.39, 0.29) is 15.9 Å². The molecule has 126 valence electrons. The molecule has 0 radical (unpaired) electrons. The second-order valence-electron chi connectivity index (χ2n) is 6.79. The van der Waals surface area contributed by atoms with Gasteiger partial charge in [0.2, 0.25) is 0 Å². The van der Waals surface area contributed by atoms with Crippen LogP contribution in [0.3, 0.4) is 0 Å². The van der Waals surface area contributed by atoms with Crippen LogP contribution in [0.5, 0.6) is 0 Å². The van der Waals surface area contributed by atoms with Crippen molar-refractivity contribution in [1.82, 2.24) is 14.5 Å². The summed E-state index contributed by atoms with van der Waals surface area (Å²) in [6, 6.07) is 1.43. The van der Waals surface area contributed by atoms with Crippen LogP contribution in [0, 0.1) is 10.1 Å². The Kier molecular flexibility index (Phi) is 4.56. The Hall–Kier alpha value is -2.22. The van der Waals surface area contributed by atoms with Gasteiger partial charge in [-0.2, -0.15) is 0 Å². The average molecular weight is 323 g/mol. The van der Waals surface area contributed by atoms with Crippen LogP contribution in [0.2, 0.25) is 0 Å². The molecule has 0 saturated carbocycles. The van der Waals surface area contributed by atoms with E-state index in [4.69, 9.17) is 4.84 Å². The quantitative estimate of drug-likeness (QED) is 0.485. The molecular weight excluding hydrogens is 300 g/mol. The van der Waals surface area contributed by atoms with Crippen molar-refractivity contribution in [3.8, 4) is 0 Å². The van der Waals surface area contributed by atoms with E-state index in [1.54, 1.807) is 7.05 Å². The molecule has 0 atom stereocenters. The Morgan fingerprint density at radius 2 is 1.96 bits per heavy atom. The predicted octanol–water partition coefficient (Wildman–Crippen LogP) is 2.87. The third-order valence-electron chi connectivity index (χ3n) is 4.21. The summed E-state index contributed by atoms with van der Waals surface area (Å²) in [4.78, 5) is 34.2. The summed E-state index contributed by atoms with van der Waals surface area (Å²) in [5, 5.41) is 11.0. The number of aromatic nitrogens is 1. The lowest BCUT2D eigenvalue weighted by Gasteiger charge is -2.35. The van der Waals surface area contributed by atoms with E-state index >= 15 is 0 Å². The van der Waals surface area contributed by atoms with Gasteiger partial charge in [-0.3, -0.25) is 15.1 Å². The number of amides is 1. The van der Waals surface area contributed by atoms with Gasteiger partial charge in [0.25, 0.3) is 5.69 Å².